The number of carbonyl (C=O) groups is 1. The summed E-state index contributed by atoms with van der Waals surface area (Å²) in [5, 5.41) is 2.88. The van der Waals surface area contributed by atoms with Crippen molar-refractivity contribution in [2.24, 2.45) is 0 Å². The summed E-state index contributed by atoms with van der Waals surface area (Å²) >= 11 is 3.45. The van der Waals surface area contributed by atoms with Gasteiger partial charge in [-0.05, 0) is 37.6 Å². The van der Waals surface area contributed by atoms with Gasteiger partial charge in [0.2, 0.25) is 5.91 Å². The van der Waals surface area contributed by atoms with Crippen LogP contribution in [0.25, 0.3) is 0 Å². The highest BCUT2D eigenvalue weighted by atomic mass is 79.9. The van der Waals surface area contributed by atoms with Crippen molar-refractivity contribution >= 4 is 33.3 Å². The van der Waals surface area contributed by atoms with Crippen LogP contribution in [0.3, 0.4) is 0 Å². The molecule has 2 aromatic rings. The Bertz CT molecular complexity index is 624. The number of aromatic nitrogens is 1. The third-order valence-electron chi connectivity index (χ3n) is 3.43. The van der Waals surface area contributed by atoms with Gasteiger partial charge in [-0.1, -0.05) is 34.1 Å². The first-order valence-electron chi connectivity index (χ1n) is 7.38. The summed E-state index contributed by atoms with van der Waals surface area (Å²) in [6, 6.07) is 11.5. The molecule has 22 heavy (non-hydrogen) atoms. The molecule has 1 aromatic carbocycles. The molecule has 1 N–H and O–H groups in total. The fraction of sp³-hybridized carbons (Fsp3) is 0.294. The van der Waals surface area contributed by atoms with E-state index in [9.17, 15) is 4.79 Å². The Morgan fingerprint density at radius 1 is 1.18 bits per heavy atom. The normalized spacial score (nSPS) is 10.3. The SMILES string of the molecule is CCN(CC)c1ccc(NC(=O)Cc2ccccc2Br)cn1. The van der Waals surface area contributed by atoms with Crippen LogP contribution in [0.1, 0.15) is 19.4 Å². The second-order valence-corrected chi connectivity index (χ2v) is 5.75. The molecule has 0 atom stereocenters. The molecule has 1 heterocycles. The van der Waals surface area contributed by atoms with Crippen LogP contribution in [0, 0.1) is 0 Å². The van der Waals surface area contributed by atoms with Crippen LogP contribution in [-0.2, 0) is 11.2 Å². The molecule has 1 aromatic heterocycles. The van der Waals surface area contributed by atoms with Gasteiger partial charge in [-0.3, -0.25) is 4.79 Å². The highest BCUT2D eigenvalue weighted by Crippen LogP contribution is 2.18. The second kappa shape index (κ2) is 7.94. The van der Waals surface area contributed by atoms with Crippen LogP contribution in [0.5, 0.6) is 0 Å². The van der Waals surface area contributed by atoms with E-state index >= 15 is 0 Å². The Morgan fingerprint density at radius 2 is 1.91 bits per heavy atom. The van der Waals surface area contributed by atoms with Gasteiger partial charge in [-0.2, -0.15) is 0 Å². The van der Waals surface area contributed by atoms with Crippen LogP contribution in [-0.4, -0.2) is 24.0 Å². The van der Waals surface area contributed by atoms with Crippen molar-refractivity contribution in [1.82, 2.24) is 4.98 Å². The van der Waals surface area contributed by atoms with Crippen molar-refractivity contribution in [2.45, 2.75) is 20.3 Å². The van der Waals surface area contributed by atoms with Crippen LogP contribution >= 0.6 is 15.9 Å². The van der Waals surface area contributed by atoms with Gasteiger partial charge in [-0.15, -0.1) is 0 Å². The molecule has 0 radical (unpaired) electrons. The highest BCUT2D eigenvalue weighted by Gasteiger charge is 2.08. The van der Waals surface area contributed by atoms with Crippen LogP contribution in [0.2, 0.25) is 0 Å². The summed E-state index contributed by atoms with van der Waals surface area (Å²) < 4.78 is 0.945. The van der Waals surface area contributed by atoms with E-state index in [2.05, 4.69) is 45.0 Å². The fourth-order valence-electron chi connectivity index (χ4n) is 2.21. The average molecular weight is 362 g/mol. The van der Waals surface area contributed by atoms with Gasteiger partial charge in [0, 0.05) is 17.6 Å². The topological polar surface area (TPSA) is 45.2 Å². The number of pyridine rings is 1. The maximum absolute atomic E-state index is 12.1. The largest absolute Gasteiger partial charge is 0.357 e. The molecule has 116 valence electrons. The zero-order chi connectivity index (χ0) is 15.9. The van der Waals surface area contributed by atoms with Crippen molar-refractivity contribution in [1.29, 1.82) is 0 Å². The lowest BCUT2D eigenvalue weighted by atomic mass is 10.1. The molecule has 0 bridgehead atoms. The van der Waals surface area contributed by atoms with E-state index in [0.717, 1.165) is 28.9 Å². The molecule has 0 saturated heterocycles. The Kier molecular flexibility index (Phi) is 5.95. The van der Waals surface area contributed by atoms with E-state index < -0.39 is 0 Å². The first-order chi connectivity index (χ1) is 10.6. The smallest absolute Gasteiger partial charge is 0.228 e. The minimum Gasteiger partial charge on any atom is -0.357 e. The van der Waals surface area contributed by atoms with Gasteiger partial charge >= 0.3 is 0 Å². The van der Waals surface area contributed by atoms with E-state index in [1.54, 1.807) is 6.20 Å². The van der Waals surface area contributed by atoms with Crippen molar-refractivity contribution in [2.75, 3.05) is 23.3 Å². The zero-order valence-corrected chi connectivity index (χ0v) is 14.4. The summed E-state index contributed by atoms with van der Waals surface area (Å²) in [4.78, 5) is 18.7. The van der Waals surface area contributed by atoms with Crippen molar-refractivity contribution in [3.63, 3.8) is 0 Å². The van der Waals surface area contributed by atoms with Crippen molar-refractivity contribution < 1.29 is 4.79 Å². The number of hydrogen-bond acceptors (Lipinski definition) is 3. The lowest BCUT2D eigenvalue weighted by molar-refractivity contribution is -0.115. The molecular weight excluding hydrogens is 342 g/mol. The molecule has 0 aliphatic carbocycles. The van der Waals surface area contributed by atoms with Crippen molar-refractivity contribution in [3.05, 3.63) is 52.6 Å². The molecule has 0 aliphatic rings. The molecule has 5 heteroatoms. The molecule has 0 saturated carbocycles. The van der Waals surface area contributed by atoms with E-state index in [1.807, 2.05) is 36.4 Å². The number of rotatable bonds is 6. The number of nitrogens with zero attached hydrogens (tertiary/aromatic N) is 2. The molecular formula is C17H20BrN3O. The fourth-order valence-corrected chi connectivity index (χ4v) is 2.64. The van der Waals surface area contributed by atoms with Crippen LogP contribution in [0.15, 0.2) is 47.1 Å². The van der Waals surface area contributed by atoms with Crippen molar-refractivity contribution in [3.8, 4) is 0 Å². The number of anilines is 2. The Hall–Kier alpha value is -1.88. The maximum atomic E-state index is 12.1. The molecule has 0 fully saturated rings. The number of hydrogen-bond donors (Lipinski definition) is 1. The predicted octanol–water partition coefficient (Wildman–Crippen LogP) is 3.87. The number of benzene rings is 1. The zero-order valence-electron chi connectivity index (χ0n) is 12.8. The standard InChI is InChI=1S/C17H20BrN3O/c1-3-21(4-2)16-10-9-14(12-19-16)20-17(22)11-13-7-5-6-8-15(13)18/h5-10,12H,3-4,11H2,1-2H3,(H,20,22). The molecule has 0 spiro atoms. The van der Waals surface area contributed by atoms with Gasteiger partial charge in [0.05, 0.1) is 18.3 Å². The summed E-state index contributed by atoms with van der Waals surface area (Å²) in [7, 11) is 0. The summed E-state index contributed by atoms with van der Waals surface area (Å²) in [5.41, 5.74) is 1.68. The quantitative estimate of drug-likeness (QED) is 0.849. The first-order valence-corrected chi connectivity index (χ1v) is 8.17. The van der Waals surface area contributed by atoms with Gasteiger partial charge in [0.15, 0.2) is 0 Å². The minimum atomic E-state index is -0.0516. The molecule has 1 amide bonds. The number of halogens is 1. The monoisotopic (exact) mass is 361 g/mol. The maximum Gasteiger partial charge on any atom is 0.228 e. The summed E-state index contributed by atoms with van der Waals surface area (Å²) in [6.07, 6.45) is 2.03. The van der Waals surface area contributed by atoms with E-state index in [0.29, 0.717) is 12.1 Å². The van der Waals surface area contributed by atoms with Gasteiger partial charge in [0.1, 0.15) is 5.82 Å². The van der Waals surface area contributed by atoms with E-state index in [-0.39, 0.29) is 5.91 Å². The molecule has 0 unspecified atom stereocenters. The van der Waals surface area contributed by atoms with Gasteiger partial charge < -0.3 is 10.2 Å². The number of nitrogens with one attached hydrogen (secondary N) is 1. The molecule has 0 aliphatic heterocycles. The first kappa shape index (κ1) is 16.5. The second-order valence-electron chi connectivity index (χ2n) is 4.89. The minimum absolute atomic E-state index is 0.0516. The predicted molar refractivity (Wildman–Crippen MR) is 94.3 cm³/mol. The van der Waals surface area contributed by atoms with Gasteiger partial charge in [0.25, 0.3) is 0 Å². The number of carbonyl (C=O) groups excluding carboxylic acids is 1. The third-order valence-corrected chi connectivity index (χ3v) is 4.20. The number of amides is 1. The van der Waals surface area contributed by atoms with E-state index in [1.165, 1.54) is 0 Å². The van der Waals surface area contributed by atoms with Gasteiger partial charge in [-0.25, -0.2) is 4.98 Å². The third kappa shape index (κ3) is 4.31. The van der Waals surface area contributed by atoms with E-state index in [4.69, 9.17) is 0 Å². The van der Waals surface area contributed by atoms with Crippen LogP contribution in [0.4, 0.5) is 11.5 Å². The highest BCUT2D eigenvalue weighted by molar-refractivity contribution is 9.10. The molecule has 2 rings (SSSR count). The summed E-state index contributed by atoms with van der Waals surface area (Å²) in [5.74, 6) is 0.873. The Morgan fingerprint density at radius 3 is 2.50 bits per heavy atom. The lowest BCUT2D eigenvalue weighted by Crippen LogP contribution is -2.23. The average Bonchev–Trinajstić information content (AvgIpc) is 2.52. The summed E-state index contributed by atoms with van der Waals surface area (Å²) in [6.45, 7) is 6.02. The molecule has 4 nitrogen and oxygen atoms in total. The lowest BCUT2D eigenvalue weighted by Gasteiger charge is -2.19. The van der Waals surface area contributed by atoms with Crippen LogP contribution < -0.4 is 10.2 Å². The Balaban J connectivity index is 1.99. The Labute approximate surface area is 139 Å².